The summed E-state index contributed by atoms with van der Waals surface area (Å²) >= 11 is -38.1. The van der Waals surface area contributed by atoms with Gasteiger partial charge in [0.05, 0.1) is 0 Å². The van der Waals surface area contributed by atoms with Crippen LogP contribution in [0.4, 0.5) is 16.9 Å². The van der Waals surface area contributed by atoms with Crippen molar-refractivity contribution < 1.29 is 363 Å². The molecular weight excluding hydrogens is 2660 g/mol. The molecule has 0 aromatic carbocycles. The van der Waals surface area contributed by atoms with E-state index >= 15 is 0 Å². The fraction of sp³-hybridized carbons (Fsp3) is 0. The molecule has 0 aliphatic carbocycles. The van der Waals surface area contributed by atoms with Crippen LogP contribution in [0.3, 0.4) is 0 Å². The van der Waals surface area contributed by atoms with Crippen molar-refractivity contribution in [3.05, 3.63) is 0 Å². The minimum absolute atomic E-state index is 0. The standard InChI is InChI=1S/6FH.12HI.18O.6Sb/h18*1H;;;;;;;;;;;;;;;;;;;;;;;;/q;;;;;;12*+1;;;;;;;12*-1;6*+1/p-6. The molecule has 0 heterocycles. The van der Waals surface area contributed by atoms with Gasteiger partial charge in [-0.3, -0.25) is 0 Å². The monoisotopic (exact) mass is 2660 g/mol. The zero-order chi connectivity index (χ0) is 27.0. The molecule has 18 nitrogen and oxygen atoms in total. The summed E-state index contributed by atoms with van der Waals surface area (Å²) < 4.78 is 215. The number of rotatable bonds is 0. The molecule has 42 heavy (non-hydrogen) atoms. The summed E-state index contributed by atoms with van der Waals surface area (Å²) in [7, 11) is 0. The third-order valence-corrected chi connectivity index (χ3v) is 0. The van der Waals surface area contributed by atoms with Crippen molar-refractivity contribution in [1.82, 2.24) is 0 Å². The molecule has 276 valence electrons. The Labute approximate surface area is 471 Å². The first-order valence-corrected chi connectivity index (χ1v) is 28.8. The predicted octanol–water partition coefficient (Wildman–Crippen LogP) is -53.9. The molecule has 0 aromatic heterocycles. The Hall–Kier alpha value is 11.6. The molecule has 42 heteroatoms. The van der Waals surface area contributed by atoms with E-state index in [-0.39, 0.29) is 288 Å². The van der Waals surface area contributed by atoms with E-state index in [0.29, 0.717) is 0 Å². The molecule has 0 N–H and O–H groups in total. The molecule has 0 aliphatic rings. The van der Waals surface area contributed by atoms with Gasteiger partial charge in [-0.1, -0.05) is 0 Å². The van der Waals surface area contributed by atoms with E-state index in [0.717, 1.165) is 0 Å². The molecule has 0 aliphatic heterocycles. The van der Waals surface area contributed by atoms with Gasteiger partial charge < -0.3 is 0 Å². The van der Waals surface area contributed by atoms with Crippen LogP contribution in [0.25, 0.3) is 0 Å². The molecule has 0 spiro atoms. The molecule has 0 fully saturated rings. The van der Waals surface area contributed by atoms with Crippen molar-refractivity contribution >= 4 is 121 Å². The number of halogens is 18. The molecule has 0 rings (SSSR count). The fourth-order valence-electron chi connectivity index (χ4n) is 0. The summed E-state index contributed by atoms with van der Waals surface area (Å²) in [6.07, 6.45) is 0. The van der Waals surface area contributed by atoms with E-state index in [4.69, 9.17) is 58.7 Å². The Morgan fingerprint density at radius 2 is 0.214 bits per heavy atom. The minimum atomic E-state index is -6.35. The van der Waals surface area contributed by atoms with Gasteiger partial charge in [-0.15, -0.1) is 0 Å². The predicted molar refractivity (Wildman–Crippen MR) is 62.0 cm³/mol. The average Bonchev–Trinajstić information content (AvgIpc) is 1.94. The molecule has 0 unspecified atom stereocenters. The fourth-order valence-corrected chi connectivity index (χ4v) is 0. The second-order valence-corrected chi connectivity index (χ2v) is 17.3. The first-order valence-electron chi connectivity index (χ1n) is 4.30. The van der Waals surface area contributed by atoms with Gasteiger partial charge in [0.15, 0.2) is 0 Å². The maximum atomic E-state index is 10.2. The van der Waals surface area contributed by atoms with Crippen LogP contribution in [-0.4, -0.2) is 121 Å². The van der Waals surface area contributed by atoms with Crippen LogP contribution in [0.5, 0.6) is 0 Å². The molecule has 0 amide bonds. The van der Waals surface area contributed by atoms with E-state index in [1.165, 1.54) is 0 Å². The maximum absolute atomic E-state index is 10.2. The van der Waals surface area contributed by atoms with Crippen LogP contribution in [0.1, 0.15) is 0 Å². The van der Waals surface area contributed by atoms with Gasteiger partial charge in [0.2, 0.25) is 0 Å². The Bertz CT molecular complexity index is 510. The van der Waals surface area contributed by atoms with Crippen LogP contribution < -0.4 is 328 Å². The number of hydrogen-bond acceptors (Lipinski definition) is 18. The van der Waals surface area contributed by atoms with Gasteiger partial charge in [0, 0.05) is 0 Å². The second kappa shape index (κ2) is 61.8. The normalized spacial score (nSPS) is 8.43. The van der Waals surface area contributed by atoms with Crippen LogP contribution >= 0.6 is 0 Å². The van der Waals surface area contributed by atoms with Crippen molar-refractivity contribution in [3.63, 3.8) is 0 Å². The molecular formula is H12F6I12O18Sb6. The van der Waals surface area contributed by atoms with Crippen molar-refractivity contribution in [2.24, 2.45) is 0 Å². The van der Waals surface area contributed by atoms with Crippen molar-refractivity contribution in [3.8, 4) is 0 Å². The molecule has 0 atom stereocenters. The third kappa shape index (κ3) is 985. The Kier molecular flexibility index (Phi) is 172. The van der Waals surface area contributed by atoms with Crippen molar-refractivity contribution in [2.75, 3.05) is 0 Å². The Morgan fingerprint density at radius 3 is 0.214 bits per heavy atom. The van der Waals surface area contributed by atoms with Crippen LogP contribution in [0.15, 0.2) is 0 Å². The van der Waals surface area contributed by atoms with Gasteiger partial charge >= 0.3 is 485 Å². The van der Waals surface area contributed by atoms with Gasteiger partial charge in [0.1, 0.15) is 0 Å². The Balaban J connectivity index is -0.00000000973. The quantitative estimate of drug-likeness (QED) is 0.123. The van der Waals surface area contributed by atoms with Crippen LogP contribution in [-0.2, 0) is 18.1 Å². The van der Waals surface area contributed by atoms with Crippen molar-refractivity contribution in [2.45, 2.75) is 0 Å². The average molecular weight is 2670 g/mol. The zero-order valence-corrected chi connectivity index (χ0v) is 60.5. The van der Waals surface area contributed by atoms with Gasteiger partial charge in [-0.05, 0) is 0 Å². The first kappa shape index (κ1) is 117. The van der Waals surface area contributed by atoms with E-state index in [9.17, 15) is 16.9 Å². The Morgan fingerprint density at radius 1 is 0.214 bits per heavy atom. The zero-order valence-electron chi connectivity index (χ0n) is 17.2. The van der Waals surface area contributed by atoms with Crippen molar-refractivity contribution in [1.29, 1.82) is 0 Å². The van der Waals surface area contributed by atoms with Crippen LogP contribution in [0, 0.1) is 0 Å². The summed E-state index contributed by atoms with van der Waals surface area (Å²) in [5.74, 6) is 0. The SMILES string of the molecule is [IH+].[IH+].[IH+].[IH+].[IH+].[IH+].[IH+].[IH+].[IH+].[IH+].[IH+].[IH+].[O]=[Sb]([O-])([O-])[F].[O]=[Sb]([O-])([O-])[F].[O]=[Sb]([O-])([O-])[F].[O]=[Sb]([O-])([O-])[F].[O]=[Sb]([O-])([O-])[F].[O]=[Sb]([O-])([O-])[F]. The summed E-state index contributed by atoms with van der Waals surface area (Å²) in [6, 6.07) is 0. The second-order valence-electron chi connectivity index (χ2n) is 2.58. The summed E-state index contributed by atoms with van der Waals surface area (Å²) in [6.45, 7) is 0. The van der Waals surface area contributed by atoms with Gasteiger partial charge in [-0.2, -0.15) is 0 Å². The third-order valence-electron chi connectivity index (χ3n) is 0. The first-order chi connectivity index (χ1) is 12.0. The van der Waals surface area contributed by atoms with Gasteiger partial charge in [-0.25, -0.2) is 0 Å². The molecule has 0 saturated carbocycles. The van der Waals surface area contributed by atoms with E-state index in [2.05, 4.69) is 0 Å². The number of hydrogen-bond donors (Lipinski definition) is 0. The molecule has 12 radical (unpaired) electrons. The topological polar surface area (TPSA) is 379 Å². The van der Waals surface area contributed by atoms with E-state index in [1.54, 1.807) is 0 Å². The van der Waals surface area contributed by atoms with Crippen LogP contribution in [0.2, 0.25) is 0 Å². The molecule has 0 aromatic rings. The van der Waals surface area contributed by atoms with E-state index < -0.39 is 121 Å². The molecule has 0 saturated heterocycles. The summed E-state index contributed by atoms with van der Waals surface area (Å²) in [4.78, 5) is 0. The van der Waals surface area contributed by atoms with E-state index in [1.807, 2.05) is 0 Å². The summed E-state index contributed by atoms with van der Waals surface area (Å²) in [5.41, 5.74) is 0. The molecule has 0 bridgehead atoms. The summed E-state index contributed by atoms with van der Waals surface area (Å²) in [5, 5.41) is 0. The van der Waals surface area contributed by atoms with Gasteiger partial charge in [0.25, 0.3) is 0 Å².